The molecule has 15 heavy (non-hydrogen) atoms. The molecule has 1 aliphatic heterocycles. The first-order chi connectivity index (χ1) is 6.96. The molecule has 8 heteroatoms. The Labute approximate surface area is 89.7 Å². The molecule has 0 unspecified atom stereocenters. The first-order valence-electron chi connectivity index (χ1n) is 3.81. The minimum absolute atomic E-state index is 0.144. The van der Waals surface area contributed by atoms with Crippen LogP contribution in [0.1, 0.15) is 0 Å². The molecule has 1 rings (SSSR count). The number of aliphatic hydroxyl groups is 1. The van der Waals surface area contributed by atoms with Gasteiger partial charge in [0.25, 0.3) is 0 Å². The van der Waals surface area contributed by atoms with Gasteiger partial charge in [-0.05, 0) is 11.8 Å². The maximum absolute atomic E-state index is 10.7. The van der Waals surface area contributed by atoms with E-state index in [4.69, 9.17) is 20.3 Å². The van der Waals surface area contributed by atoms with Gasteiger partial charge in [0.15, 0.2) is 5.88 Å². The van der Waals surface area contributed by atoms with E-state index in [1.807, 2.05) is 0 Å². The second-order valence-corrected chi connectivity index (χ2v) is 3.78. The minimum atomic E-state index is -1.55. The summed E-state index contributed by atoms with van der Waals surface area (Å²) in [5, 5.41) is 18.2. The van der Waals surface area contributed by atoms with Crippen LogP contribution >= 0.6 is 11.8 Å². The number of nitro groups is 1. The number of allylic oxidation sites excluding steroid dienone is 1. The monoisotopic (exact) mass is 234 g/mol. The third-order valence-corrected chi connectivity index (χ3v) is 3.17. The van der Waals surface area contributed by atoms with Gasteiger partial charge in [0.2, 0.25) is 0 Å². The quantitative estimate of drug-likeness (QED) is 0.317. The highest BCUT2D eigenvalue weighted by Crippen LogP contribution is 2.47. The van der Waals surface area contributed by atoms with Crippen LogP contribution in [0.5, 0.6) is 0 Å². The predicted molar refractivity (Wildman–Crippen MR) is 53.3 cm³/mol. The van der Waals surface area contributed by atoms with Crippen LogP contribution in [-0.2, 0) is 9.47 Å². The molecule has 1 aliphatic rings. The van der Waals surface area contributed by atoms with E-state index in [9.17, 15) is 10.1 Å². The van der Waals surface area contributed by atoms with Gasteiger partial charge in [-0.25, -0.2) is 0 Å². The number of aliphatic hydroxyl groups excluding tert-OH is 1. The zero-order valence-electron chi connectivity index (χ0n) is 8.09. The summed E-state index contributed by atoms with van der Waals surface area (Å²) in [4.78, 5) is 10.2. The molecule has 0 aromatic heterocycles. The number of nitrogens with zero attached hydrogens (tertiary/aromatic N) is 1. The molecule has 0 bridgehead atoms. The summed E-state index contributed by atoms with van der Waals surface area (Å²) < 4.78 is 9.86. The number of ether oxygens (including phenoxy) is 2. The fourth-order valence-corrected chi connectivity index (χ4v) is 2.07. The summed E-state index contributed by atoms with van der Waals surface area (Å²) in [6.07, 6.45) is 1.12. The van der Waals surface area contributed by atoms with Crippen molar-refractivity contribution in [3.05, 3.63) is 32.7 Å². The lowest BCUT2D eigenvalue weighted by molar-refractivity contribution is -0.451. The Bertz CT molecular complexity index is 343. The number of methoxy groups -OCH3 is 2. The van der Waals surface area contributed by atoms with Crippen molar-refractivity contribution in [3.8, 4) is 0 Å². The van der Waals surface area contributed by atoms with Crippen molar-refractivity contribution >= 4 is 11.8 Å². The summed E-state index contributed by atoms with van der Waals surface area (Å²) in [5.74, 6) is -0.504. The SMILES string of the molecule is COC1(OC)S/C(=C(\N)O)C=C1[N+](=O)[O-]. The van der Waals surface area contributed by atoms with Gasteiger partial charge >= 0.3 is 10.8 Å². The molecule has 0 amide bonds. The highest BCUT2D eigenvalue weighted by molar-refractivity contribution is 8.04. The number of rotatable bonds is 3. The van der Waals surface area contributed by atoms with Crippen molar-refractivity contribution in [2.24, 2.45) is 5.73 Å². The first kappa shape index (κ1) is 11.8. The van der Waals surface area contributed by atoms with Gasteiger partial charge in [-0.1, -0.05) is 0 Å². The molecule has 3 N–H and O–H groups in total. The Morgan fingerprint density at radius 1 is 1.67 bits per heavy atom. The number of nitrogens with two attached hydrogens (primary N) is 1. The Morgan fingerprint density at radius 3 is 2.47 bits per heavy atom. The molecule has 0 fully saturated rings. The Balaban J connectivity index is 3.20. The molecule has 0 spiro atoms. The molecule has 0 radical (unpaired) electrons. The van der Waals surface area contributed by atoms with Crippen LogP contribution in [0.2, 0.25) is 0 Å². The van der Waals surface area contributed by atoms with Crippen LogP contribution in [-0.4, -0.2) is 29.4 Å². The molecule has 1 heterocycles. The smallest absolute Gasteiger partial charge is 0.318 e. The summed E-state index contributed by atoms with van der Waals surface area (Å²) in [6.45, 7) is 0. The van der Waals surface area contributed by atoms with E-state index in [-0.39, 0.29) is 10.6 Å². The molecule has 0 aliphatic carbocycles. The summed E-state index contributed by atoms with van der Waals surface area (Å²) in [5.41, 5.74) is 4.81. The van der Waals surface area contributed by atoms with Crippen LogP contribution in [0.3, 0.4) is 0 Å². The van der Waals surface area contributed by atoms with Crippen molar-refractivity contribution in [3.63, 3.8) is 0 Å². The van der Waals surface area contributed by atoms with E-state index in [2.05, 4.69) is 0 Å². The lowest BCUT2D eigenvalue weighted by atomic mass is 10.3. The fraction of sp³-hybridized carbons (Fsp3) is 0.429. The van der Waals surface area contributed by atoms with Crippen molar-refractivity contribution in [2.45, 2.75) is 5.12 Å². The standard InChI is InChI=1S/C7H10N2O5S/c1-13-7(14-2)5(9(11)12)3-4(15-7)6(8)10/h3,10H,8H2,1-2H3/b6-4+. The summed E-state index contributed by atoms with van der Waals surface area (Å²) >= 11 is 0.829. The highest BCUT2D eigenvalue weighted by atomic mass is 32.2. The zero-order valence-corrected chi connectivity index (χ0v) is 8.91. The fourth-order valence-electron chi connectivity index (χ4n) is 1.11. The second-order valence-electron chi connectivity index (χ2n) is 2.60. The topological polar surface area (TPSA) is 108 Å². The van der Waals surface area contributed by atoms with E-state index in [1.54, 1.807) is 0 Å². The third kappa shape index (κ3) is 1.91. The largest absolute Gasteiger partial charge is 0.494 e. The van der Waals surface area contributed by atoms with Crippen LogP contribution in [0.15, 0.2) is 22.6 Å². The maximum Gasteiger partial charge on any atom is 0.318 e. The van der Waals surface area contributed by atoms with Gasteiger partial charge in [0, 0.05) is 20.3 Å². The molecule has 0 atom stereocenters. The van der Waals surface area contributed by atoms with Crippen molar-refractivity contribution in [1.82, 2.24) is 0 Å². The average Bonchev–Trinajstić information content (AvgIpc) is 2.58. The van der Waals surface area contributed by atoms with Crippen molar-refractivity contribution in [2.75, 3.05) is 14.2 Å². The lowest BCUT2D eigenvalue weighted by Crippen LogP contribution is -2.33. The highest BCUT2D eigenvalue weighted by Gasteiger charge is 2.51. The molecule has 0 saturated carbocycles. The van der Waals surface area contributed by atoms with Gasteiger partial charge in [0.1, 0.15) is 0 Å². The molecular weight excluding hydrogens is 224 g/mol. The third-order valence-electron chi connectivity index (χ3n) is 1.81. The van der Waals surface area contributed by atoms with Crippen LogP contribution in [0, 0.1) is 10.1 Å². The van der Waals surface area contributed by atoms with Gasteiger partial charge in [-0.3, -0.25) is 10.1 Å². The number of hydrogen-bond acceptors (Lipinski definition) is 7. The Kier molecular flexibility index (Phi) is 3.22. The number of thioether (sulfide) groups is 1. The summed E-state index contributed by atoms with van der Waals surface area (Å²) in [6, 6.07) is 0. The molecule has 0 aromatic rings. The molecular formula is C7H10N2O5S. The van der Waals surface area contributed by atoms with E-state index in [0.29, 0.717) is 0 Å². The molecule has 0 aromatic carbocycles. The van der Waals surface area contributed by atoms with Crippen LogP contribution in [0.4, 0.5) is 0 Å². The van der Waals surface area contributed by atoms with Crippen LogP contribution < -0.4 is 5.73 Å². The molecule has 84 valence electrons. The lowest BCUT2D eigenvalue weighted by Gasteiger charge is -2.22. The summed E-state index contributed by atoms with van der Waals surface area (Å²) in [7, 11) is 2.54. The van der Waals surface area contributed by atoms with Gasteiger partial charge in [0.05, 0.1) is 9.83 Å². The van der Waals surface area contributed by atoms with Crippen molar-refractivity contribution < 1.29 is 19.5 Å². The molecule has 0 saturated heterocycles. The van der Waals surface area contributed by atoms with E-state index < -0.39 is 15.9 Å². The van der Waals surface area contributed by atoms with E-state index in [1.165, 1.54) is 14.2 Å². The van der Waals surface area contributed by atoms with Gasteiger partial charge in [-0.15, -0.1) is 0 Å². The first-order valence-corrected chi connectivity index (χ1v) is 4.63. The van der Waals surface area contributed by atoms with Gasteiger partial charge < -0.3 is 20.3 Å². The average molecular weight is 234 g/mol. The second kappa shape index (κ2) is 4.09. The van der Waals surface area contributed by atoms with Gasteiger partial charge in [-0.2, -0.15) is 0 Å². The maximum atomic E-state index is 10.7. The van der Waals surface area contributed by atoms with Crippen molar-refractivity contribution in [1.29, 1.82) is 0 Å². The normalized spacial score (nSPS) is 22.4. The Hall–Kier alpha value is -1.25. The predicted octanol–water partition coefficient (Wildman–Crippen LogP) is 0.526. The van der Waals surface area contributed by atoms with E-state index >= 15 is 0 Å². The number of hydrogen-bond donors (Lipinski definition) is 2. The Morgan fingerprint density at radius 2 is 2.20 bits per heavy atom. The van der Waals surface area contributed by atoms with E-state index in [0.717, 1.165) is 17.8 Å². The zero-order chi connectivity index (χ0) is 11.6. The molecule has 7 nitrogen and oxygen atoms in total. The van der Waals surface area contributed by atoms with Crippen LogP contribution in [0.25, 0.3) is 0 Å². The minimum Gasteiger partial charge on any atom is -0.494 e.